The largest absolute Gasteiger partial charge is 0.453 e. The average molecular weight is 319 g/mol. The number of hydrogen-bond acceptors (Lipinski definition) is 2. The Morgan fingerprint density at radius 3 is 2.19 bits per heavy atom. The Morgan fingerprint density at radius 1 is 1.10 bits per heavy atom. The van der Waals surface area contributed by atoms with E-state index in [9.17, 15) is 22.4 Å². The summed E-state index contributed by atoms with van der Waals surface area (Å²) in [5, 5.41) is -0.498. The van der Waals surface area contributed by atoms with E-state index in [-0.39, 0.29) is 5.75 Å². The second-order valence-corrected chi connectivity index (χ2v) is 4.46. The van der Waals surface area contributed by atoms with Crippen LogP contribution >= 0.6 is 11.6 Å². The number of hydrogen-bond donors (Lipinski definition) is 0. The van der Waals surface area contributed by atoms with Crippen LogP contribution in [0.15, 0.2) is 36.4 Å². The molecule has 0 aliphatic rings. The van der Waals surface area contributed by atoms with Gasteiger partial charge in [0, 0.05) is 5.56 Å². The molecule has 0 aliphatic carbocycles. The monoisotopic (exact) mass is 318 g/mol. The van der Waals surface area contributed by atoms with Gasteiger partial charge in [-0.2, -0.15) is 13.2 Å². The molecule has 7 heteroatoms. The van der Waals surface area contributed by atoms with E-state index in [1.165, 1.54) is 24.3 Å². The lowest BCUT2D eigenvalue weighted by atomic mass is 10.2. The minimum Gasteiger partial charge on any atom is -0.453 e. The summed E-state index contributed by atoms with van der Waals surface area (Å²) in [6.07, 6.45) is -4.09. The lowest BCUT2D eigenvalue weighted by Crippen LogP contribution is -2.06. The van der Waals surface area contributed by atoms with E-state index >= 15 is 0 Å². The van der Waals surface area contributed by atoms with Crippen LogP contribution in [0.2, 0.25) is 5.02 Å². The molecule has 0 spiro atoms. The van der Waals surface area contributed by atoms with Crippen LogP contribution in [0.1, 0.15) is 15.9 Å². The quantitative estimate of drug-likeness (QED) is 0.581. The minimum absolute atomic E-state index is 0.140. The molecule has 2 nitrogen and oxygen atoms in total. The van der Waals surface area contributed by atoms with Gasteiger partial charge in [-0.1, -0.05) is 11.6 Å². The molecule has 110 valence electrons. The van der Waals surface area contributed by atoms with Gasteiger partial charge in [0.1, 0.15) is 12.0 Å². The first-order valence-electron chi connectivity index (χ1n) is 5.60. The van der Waals surface area contributed by atoms with Gasteiger partial charge in [-0.05, 0) is 36.4 Å². The van der Waals surface area contributed by atoms with E-state index in [0.717, 1.165) is 0 Å². The Labute approximate surface area is 121 Å². The SMILES string of the molecule is O=Cc1ccc(Oc2c(F)cc(C(F)(F)F)cc2Cl)cc1. The third-order valence-corrected chi connectivity index (χ3v) is 2.84. The Balaban J connectivity index is 2.33. The fourth-order valence-corrected chi connectivity index (χ4v) is 1.80. The van der Waals surface area contributed by atoms with Crippen LogP contribution in [0.25, 0.3) is 0 Å². The van der Waals surface area contributed by atoms with Crippen molar-refractivity contribution in [1.29, 1.82) is 0 Å². The maximum atomic E-state index is 13.7. The number of carbonyl (C=O) groups is 1. The van der Waals surface area contributed by atoms with Gasteiger partial charge < -0.3 is 4.74 Å². The topological polar surface area (TPSA) is 26.3 Å². The second kappa shape index (κ2) is 5.73. The van der Waals surface area contributed by atoms with Crippen molar-refractivity contribution in [1.82, 2.24) is 0 Å². The third kappa shape index (κ3) is 3.52. The first-order chi connectivity index (χ1) is 9.81. The van der Waals surface area contributed by atoms with Gasteiger partial charge in [0.25, 0.3) is 0 Å². The molecule has 0 amide bonds. The van der Waals surface area contributed by atoms with Gasteiger partial charge in [0.05, 0.1) is 10.6 Å². The normalized spacial score (nSPS) is 11.3. The van der Waals surface area contributed by atoms with Crippen molar-refractivity contribution in [3.8, 4) is 11.5 Å². The van der Waals surface area contributed by atoms with Gasteiger partial charge in [-0.25, -0.2) is 4.39 Å². The molecule has 0 radical (unpaired) electrons. The zero-order valence-electron chi connectivity index (χ0n) is 10.2. The highest BCUT2D eigenvalue weighted by molar-refractivity contribution is 6.32. The van der Waals surface area contributed by atoms with Crippen LogP contribution in [0.4, 0.5) is 17.6 Å². The predicted octanol–water partition coefficient (Wildman–Crippen LogP) is 5.10. The van der Waals surface area contributed by atoms with Crippen LogP contribution in [0.3, 0.4) is 0 Å². The summed E-state index contributed by atoms with van der Waals surface area (Å²) >= 11 is 5.63. The van der Waals surface area contributed by atoms with Gasteiger partial charge >= 0.3 is 6.18 Å². The van der Waals surface area contributed by atoms with E-state index in [1.807, 2.05) is 0 Å². The molecule has 0 unspecified atom stereocenters. The van der Waals surface area contributed by atoms with Crippen molar-refractivity contribution in [2.75, 3.05) is 0 Å². The zero-order chi connectivity index (χ0) is 15.6. The highest BCUT2D eigenvalue weighted by Gasteiger charge is 2.32. The van der Waals surface area contributed by atoms with E-state index in [1.54, 1.807) is 0 Å². The van der Waals surface area contributed by atoms with Crippen LogP contribution in [0, 0.1) is 5.82 Å². The summed E-state index contributed by atoms with van der Waals surface area (Å²) in [6, 6.07) is 6.46. The second-order valence-electron chi connectivity index (χ2n) is 4.06. The number of halogens is 5. The van der Waals surface area contributed by atoms with Crippen molar-refractivity contribution in [2.24, 2.45) is 0 Å². The summed E-state index contributed by atoms with van der Waals surface area (Å²) in [4.78, 5) is 10.5. The summed E-state index contributed by atoms with van der Waals surface area (Å²) < 4.78 is 56.3. The van der Waals surface area contributed by atoms with Crippen molar-refractivity contribution >= 4 is 17.9 Å². The van der Waals surface area contributed by atoms with Crippen LogP contribution in [-0.4, -0.2) is 6.29 Å². The number of carbonyl (C=O) groups excluding carboxylic acids is 1. The van der Waals surface area contributed by atoms with Crippen molar-refractivity contribution < 1.29 is 27.1 Å². The van der Waals surface area contributed by atoms with Gasteiger partial charge in [0.15, 0.2) is 11.6 Å². The zero-order valence-corrected chi connectivity index (χ0v) is 11.0. The first kappa shape index (κ1) is 15.3. The average Bonchev–Trinajstić information content (AvgIpc) is 2.42. The Bertz CT molecular complexity index is 643. The Kier molecular flexibility index (Phi) is 4.18. The summed E-state index contributed by atoms with van der Waals surface area (Å²) in [7, 11) is 0. The molecule has 0 atom stereocenters. The highest BCUT2D eigenvalue weighted by atomic mass is 35.5. The molecular weight excluding hydrogens is 312 g/mol. The van der Waals surface area contributed by atoms with Crippen LogP contribution in [0.5, 0.6) is 11.5 Å². The molecule has 0 fully saturated rings. The fourth-order valence-electron chi connectivity index (χ4n) is 1.55. The molecule has 0 aliphatic heterocycles. The van der Waals surface area contributed by atoms with E-state index in [4.69, 9.17) is 16.3 Å². The standard InChI is InChI=1S/C14H7ClF4O2/c15-11-5-9(14(17,18)19)6-12(16)13(11)21-10-3-1-8(7-20)2-4-10/h1-7H. The van der Waals surface area contributed by atoms with Crippen LogP contribution in [-0.2, 0) is 6.18 Å². The van der Waals surface area contributed by atoms with Crippen LogP contribution < -0.4 is 4.74 Å². The number of rotatable bonds is 3. The molecule has 2 aromatic carbocycles. The smallest absolute Gasteiger partial charge is 0.416 e. The molecule has 0 saturated heterocycles. The summed E-state index contributed by atoms with van der Waals surface area (Å²) in [6.45, 7) is 0. The van der Waals surface area contributed by atoms with E-state index in [0.29, 0.717) is 24.0 Å². The van der Waals surface area contributed by atoms with Gasteiger partial charge in [0.2, 0.25) is 0 Å². The van der Waals surface area contributed by atoms with E-state index in [2.05, 4.69) is 0 Å². The maximum absolute atomic E-state index is 13.7. The van der Waals surface area contributed by atoms with Gasteiger partial charge in [-0.3, -0.25) is 4.79 Å². The highest BCUT2D eigenvalue weighted by Crippen LogP contribution is 2.38. The Hall–Kier alpha value is -2.08. The van der Waals surface area contributed by atoms with Crippen molar-refractivity contribution in [2.45, 2.75) is 6.18 Å². The number of alkyl halides is 3. The summed E-state index contributed by atoms with van der Waals surface area (Å²) in [5.74, 6) is -1.60. The number of aldehydes is 1. The van der Waals surface area contributed by atoms with Crippen molar-refractivity contribution in [3.63, 3.8) is 0 Å². The molecular formula is C14H7ClF4O2. The van der Waals surface area contributed by atoms with Crippen molar-refractivity contribution in [3.05, 3.63) is 58.4 Å². The predicted molar refractivity (Wildman–Crippen MR) is 68.3 cm³/mol. The number of ether oxygens (including phenoxy) is 1. The molecule has 2 aromatic rings. The molecule has 0 saturated carbocycles. The molecule has 0 aromatic heterocycles. The van der Waals surface area contributed by atoms with E-state index < -0.39 is 28.3 Å². The molecule has 2 rings (SSSR count). The minimum atomic E-state index is -4.70. The lowest BCUT2D eigenvalue weighted by molar-refractivity contribution is -0.137. The fraction of sp³-hybridized carbons (Fsp3) is 0.0714. The molecule has 21 heavy (non-hydrogen) atoms. The maximum Gasteiger partial charge on any atom is 0.416 e. The van der Waals surface area contributed by atoms with Gasteiger partial charge in [-0.15, -0.1) is 0 Å². The lowest BCUT2D eigenvalue weighted by Gasteiger charge is -2.12. The third-order valence-electron chi connectivity index (χ3n) is 2.56. The molecule has 0 bridgehead atoms. The summed E-state index contributed by atoms with van der Waals surface area (Å²) in [5.41, 5.74) is -0.824. The Morgan fingerprint density at radius 2 is 1.71 bits per heavy atom. The molecule has 0 heterocycles. The molecule has 0 N–H and O–H groups in total. The number of benzene rings is 2. The first-order valence-corrected chi connectivity index (χ1v) is 5.98.